The molecule has 0 radical (unpaired) electrons. The lowest BCUT2D eigenvalue weighted by Gasteiger charge is -2.21. The Kier molecular flexibility index (Phi) is 3.84. The van der Waals surface area contributed by atoms with Crippen molar-refractivity contribution in [3.8, 4) is 0 Å². The molecule has 1 fully saturated rings. The minimum Gasteiger partial charge on any atom is -0.391 e. The first-order chi connectivity index (χ1) is 7.70. The zero-order valence-corrected chi connectivity index (χ0v) is 11.0. The van der Waals surface area contributed by atoms with Crippen molar-refractivity contribution in [2.75, 3.05) is 25.0 Å². The van der Waals surface area contributed by atoms with Crippen molar-refractivity contribution in [1.29, 1.82) is 0 Å². The number of nitrogens with zero attached hydrogens (tertiary/aromatic N) is 1. The zero-order valence-electron chi connectivity index (χ0n) is 9.41. The highest BCUT2D eigenvalue weighted by molar-refractivity contribution is 9.10. The van der Waals surface area contributed by atoms with Gasteiger partial charge >= 0.3 is 0 Å². The number of benzene rings is 1. The van der Waals surface area contributed by atoms with Crippen molar-refractivity contribution in [1.82, 2.24) is 5.32 Å². The first kappa shape index (κ1) is 11.9. The largest absolute Gasteiger partial charge is 0.391 e. The van der Waals surface area contributed by atoms with Gasteiger partial charge in [-0.1, -0.05) is 15.9 Å². The topological polar surface area (TPSA) is 35.5 Å². The summed E-state index contributed by atoms with van der Waals surface area (Å²) in [4.78, 5) is 2.25. The van der Waals surface area contributed by atoms with E-state index < -0.39 is 0 Å². The quantitative estimate of drug-likeness (QED) is 0.888. The number of anilines is 1. The van der Waals surface area contributed by atoms with E-state index in [-0.39, 0.29) is 6.10 Å². The molecule has 1 saturated heterocycles. The predicted molar refractivity (Wildman–Crippen MR) is 69.7 cm³/mol. The minimum absolute atomic E-state index is 0.175. The monoisotopic (exact) mass is 284 g/mol. The maximum Gasteiger partial charge on any atom is 0.0731 e. The van der Waals surface area contributed by atoms with Gasteiger partial charge in [0.25, 0.3) is 0 Å². The second-order valence-electron chi connectivity index (χ2n) is 4.19. The number of aliphatic hydroxyl groups excluding tert-OH is 1. The van der Waals surface area contributed by atoms with Crippen molar-refractivity contribution in [3.63, 3.8) is 0 Å². The van der Waals surface area contributed by atoms with Gasteiger partial charge in [-0.15, -0.1) is 0 Å². The smallest absolute Gasteiger partial charge is 0.0731 e. The molecule has 0 spiro atoms. The lowest BCUT2D eigenvalue weighted by atomic mass is 10.1. The van der Waals surface area contributed by atoms with E-state index in [4.69, 9.17) is 0 Å². The molecule has 0 aliphatic carbocycles. The summed E-state index contributed by atoms with van der Waals surface area (Å²) in [6.45, 7) is 2.54. The zero-order chi connectivity index (χ0) is 11.5. The lowest BCUT2D eigenvalue weighted by molar-refractivity contribution is 0.198. The molecule has 0 saturated carbocycles. The summed E-state index contributed by atoms with van der Waals surface area (Å²) >= 11 is 3.49. The number of halogens is 1. The van der Waals surface area contributed by atoms with Crippen LogP contribution in [-0.2, 0) is 6.54 Å². The van der Waals surface area contributed by atoms with Crippen LogP contribution in [-0.4, -0.2) is 31.3 Å². The van der Waals surface area contributed by atoms with E-state index in [9.17, 15) is 5.11 Å². The molecule has 2 rings (SSSR count). The molecule has 1 aliphatic heterocycles. The van der Waals surface area contributed by atoms with Gasteiger partial charge in [0, 0.05) is 29.8 Å². The number of hydrogen-bond acceptors (Lipinski definition) is 3. The number of aliphatic hydroxyl groups is 1. The average Bonchev–Trinajstić information content (AvgIpc) is 2.65. The van der Waals surface area contributed by atoms with Crippen LogP contribution in [0.15, 0.2) is 22.7 Å². The Balaban J connectivity index is 2.25. The van der Waals surface area contributed by atoms with Gasteiger partial charge < -0.3 is 15.3 Å². The van der Waals surface area contributed by atoms with E-state index in [0.29, 0.717) is 0 Å². The van der Waals surface area contributed by atoms with E-state index >= 15 is 0 Å². The highest BCUT2D eigenvalue weighted by Gasteiger charge is 2.22. The van der Waals surface area contributed by atoms with E-state index in [2.05, 4.69) is 44.3 Å². The third-order valence-electron chi connectivity index (χ3n) is 2.91. The Morgan fingerprint density at radius 1 is 1.56 bits per heavy atom. The minimum atomic E-state index is -0.175. The molecular weight excluding hydrogens is 268 g/mol. The van der Waals surface area contributed by atoms with Crippen molar-refractivity contribution < 1.29 is 5.11 Å². The Labute approximate surface area is 105 Å². The molecule has 1 aromatic carbocycles. The van der Waals surface area contributed by atoms with Gasteiger partial charge in [-0.25, -0.2) is 0 Å². The van der Waals surface area contributed by atoms with Crippen LogP contribution < -0.4 is 10.2 Å². The van der Waals surface area contributed by atoms with Crippen molar-refractivity contribution in [2.45, 2.75) is 19.1 Å². The van der Waals surface area contributed by atoms with Gasteiger partial charge in [-0.2, -0.15) is 0 Å². The standard InChI is InChI=1S/C12H17BrN2O/c1-14-7-9-6-10(13)2-3-12(9)15-5-4-11(16)8-15/h2-3,6,11,14,16H,4-5,7-8H2,1H3. The van der Waals surface area contributed by atoms with Crippen LogP contribution in [0.5, 0.6) is 0 Å². The van der Waals surface area contributed by atoms with E-state index in [1.165, 1.54) is 11.3 Å². The highest BCUT2D eigenvalue weighted by Crippen LogP contribution is 2.27. The molecule has 1 heterocycles. The van der Waals surface area contributed by atoms with Gasteiger partial charge in [0.05, 0.1) is 6.10 Å². The van der Waals surface area contributed by atoms with Crippen LogP contribution in [0.4, 0.5) is 5.69 Å². The fourth-order valence-corrected chi connectivity index (χ4v) is 2.56. The molecule has 3 nitrogen and oxygen atoms in total. The molecule has 1 aliphatic rings. The van der Waals surface area contributed by atoms with E-state index in [0.717, 1.165) is 30.5 Å². The number of rotatable bonds is 3. The number of β-amino-alcohol motifs (C(OH)–C–C–N with tert-alkyl or cyclic N) is 1. The van der Waals surface area contributed by atoms with E-state index in [1.54, 1.807) is 0 Å². The van der Waals surface area contributed by atoms with Gasteiger partial charge in [0.15, 0.2) is 0 Å². The molecule has 0 amide bonds. The molecule has 2 N–H and O–H groups in total. The normalized spacial score (nSPS) is 20.4. The maximum atomic E-state index is 9.57. The van der Waals surface area contributed by atoms with Crippen LogP contribution in [0.25, 0.3) is 0 Å². The summed E-state index contributed by atoms with van der Waals surface area (Å²) in [6, 6.07) is 6.31. The first-order valence-electron chi connectivity index (χ1n) is 5.56. The fraction of sp³-hybridized carbons (Fsp3) is 0.500. The number of hydrogen-bond donors (Lipinski definition) is 2. The second-order valence-corrected chi connectivity index (χ2v) is 5.11. The first-order valence-corrected chi connectivity index (χ1v) is 6.36. The summed E-state index contributed by atoms with van der Waals surface area (Å²) in [5, 5.41) is 12.7. The molecule has 1 aromatic rings. The SMILES string of the molecule is CNCc1cc(Br)ccc1N1CCC(O)C1. The van der Waals surface area contributed by atoms with Crippen LogP contribution in [0, 0.1) is 0 Å². The van der Waals surface area contributed by atoms with Crippen molar-refractivity contribution in [3.05, 3.63) is 28.2 Å². The van der Waals surface area contributed by atoms with Crippen LogP contribution in [0.1, 0.15) is 12.0 Å². The molecule has 16 heavy (non-hydrogen) atoms. The van der Waals surface area contributed by atoms with E-state index in [1.807, 2.05) is 7.05 Å². The predicted octanol–water partition coefficient (Wildman–Crippen LogP) is 1.74. The van der Waals surface area contributed by atoms with Crippen molar-refractivity contribution in [2.24, 2.45) is 0 Å². The molecule has 88 valence electrons. The maximum absolute atomic E-state index is 9.57. The van der Waals surface area contributed by atoms with Gasteiger partial charge in [-0.3, -0.25) is 0 Å². The summed E-state index contributed by atoms with van der Waals surface area (Å²) < 4.78 is 1.10. The second kappa shape index (κ2) is 5.17. The highest BCUT2D eigenvalue weighted by atomic mass is 79.9. The third kappa shape index (κ3) is 2.56. The van der Waals surface area contributed by atoms with Crippen LogP contribution in [0.3, 0.4) is 0 Å². The van der Waals surface area contributed by atoms with Gasteiger partial charge in [-0.05, 0) is 37.2 Å². The third-order valence-corrected chi connectivity index (χ3v) is 3.41. The molecule has 4 heteroatoms. The van der Waals surface area contributed by atoms with Gasteiger partial charge in [0.1, 0.15) is 0 Å². The molecule has 1 unspecified atom stereocenters. The average molecular weight is 285 g/mol. The molecule has 0 aromatic heterocycles. The summed E-state index contributed by atoms with van der Waals surface area (Å²) in [7, 11) is 1.95. The van der Waals surface area contributed by atoms with Crippen LogP contribution in [0.2, 0.25) is 0 Å². The fourth-order valence-electron chi connectivity index (χ4n) is 2.16. The Hall–Kier alpha value is -0.580. The Morgan fingerprint density at radius 3 is 3.00 bits per heavy atom. The molecular formula is C12H17BrN2O. The number of nitrogens with one attached hydrogen (secondary N) is 1. The summed E-state index contributed by atoms with van der Waals surface area (Å²) in [5.74, 6) is 0. The van der Waals surface area contributed by atoms with Crippen molar-refractivity contribution >= 4 is 21.6 Å². The Bertz CT molecular complexity index is 370. The molecule has 0 bridgehead atoms. The molecule has 1 atom stereocenters. The van der Waals surface area contributed by atoms with Crippen LogP contribution >= 0.6 is 15.9 Å². The summed E-state index contributed by atoms with van der Waals surface area (Å²) in [6.07, 6.45) is 0.695. The lowest BCUT2D eigenvalue weighted by Crippen LogP contribution is -2.23. The van der Waals surface area contributed by atoms with Gasteiger partial charge in [0.2, 0.25) is 0 Å². The summed E-state index contributed by atoms with van der Waals surface area (Å²) in [5.41, 5.74) is 2.50. The Morgan fingerprint density at radius 2 is 2.38 bits per heavy atom.